The zero-order valence-electron chi connectivity index (χ0n) is 11.4. The fourth-order valence-corrected chi connectivity index (χ4v) is 1.42. The van der Waals surface area contributed by atoms with Crippen molar-refractivity contribution in [2.75, 3.05) is 13.2 Å². The number of carbonyl (C=O) groups is 1. The molecule has 0 aromatic heterocycles. The Morgan fingerprint density at radius 2 is 1.89 bits per heavy atom. The second-order valence-corrected chi connectivity index (χ2v) is 4.63. The molecule has 0 bridgehead atoms. The topological polar surface area (TPSA) is 58.6 Å². The van der Waals surface area contributed by atoms with E-state index in [-0.39, 0.29) is 20.8 Å². The normalized spacial score (nSPS) is 12.8. The molecule has 2 N–H and O–H groups in total. The second kappa shape index (κ2) is 15.4. The van der Waals surface area contributed by atoms with Gasteiger partial charge in [0.2, 0.25) is 0 Å². The zero-order valence-corrected chi connectivity index (χ0v) is 11.4. The van der Waals surface area contributed by atoms with Crippen LogP contribution in [0.2, 0.25) is 0 Å². The molecule has 118 valence electrons. The van der Waals surface area contributed by atoms with E-state index in [0.717, 1.165) is 38.6 Å². The Kier molecular flexibility index (Phi) is 19.1. The molecule has 0 radical (unpaired) electrons. The number of ether oxygens (including phenoxy) is 1. The minimum atomic E-state index is -0.405. The summed E-state index contributed by atoms with van der Waals surface area (Å²) in [6.45, 7) is 7.09. The molecule has 0 aromatic rings. The van der Waals surface area contributed by atoms with Crippen LogP contribution in [0.3, 0.4) is 0 Å². The molecule has 4 nitrogen and oxygen atoms in total. The molecule has 19 heavy (non-hydrogen) atoms. The smallest absolute Gasteiger partial charge is 0.302 e. The van der Waals surface area contributed by atoms with Crippen LogP contribution in [0, 0.1) is 5.92 Å². The van der Waals surface area contributed by atoms with Crippen molar-refractivity contribution in [3.05, 3.63) is 0 Å². The summed E-state index contributed by atoms with van der Waals surface area (Å²) in [6.07, 6.45) is 4.29. The van der Waals surface area contributed by atoms with E-state index in [2.05, 4.69) is 19.2 Å². The summed E-state index contributed by atoms with van der Waals surface area (Å²) in [5.41, 5.74) is 0. The van der Waals surface area contributed by atoms with Crippen molar-refractivity contribution in [1.82, 2.24) is 5.32 Å². The SMILES string of the molecule is C.C.CCC(C)CNC(O)CCCCCOC(C)=O. The second-order valence-electron chi connectivity index (χ2n) is 4.63. The molecular formula is C15H35NO3. The lowest BCUT2D eigenvalue weighted by Gasteiger charge is -2.15. The van der Waals surface area contributed by atoms with Crippen LogP contribution in [0.1, 0.15) is 67.7 Å². The number of aliphatic hydroxyl groups excluding tert-OH is 1. The predicted molar refractivity (Wildman–Crippen MR) is 82.0 cm³/mol. The lowest BCUT2D eigenvalue weighted by molar-refractivity contribution is -0.141. The molecule has 2 atom stereocenters. The van der Waals surface area contributed by atoms with Crippen molar-refractivity contribution in [3.8, 4) is 0 Å². The largest absolute Gasteiger partial charge is 0.466 e. The zero-order chi connectivity index (χ0) is 13.1. The lowest BCUT2D eigenvalue weighted by Crippen LogP contribution is -2.32. The third kappa shape index (κ3) is 17.4. The van der Waals surface area contributed by atoms with E-state index in [1.807, 2.05) is 0 Å². The van der Waals surface area contributed by atoms with Gasteiger partial charge in [-0.2, -0.15) is 0 Å². The van der Waals surface area contributed by atoms with Gasteiger partial charge in [-0.1, -0.05) is 35.1 Å². The van der Waals surface area contributed by atoms with Gasteiger partial charge in [-0.05, 0) is 31.6 Å². The van der Waals surface area contributed by atoms with E-state index >= 15 is 0 Å². The lowest BCUT2D eigenvalue weighted by atomic mass is 10.1. The Labute approximate surface area is 119 Å². The first-order valence-corrected chi connectivity index (χ1v) is 6.61. The Hall–Kier alpha value is -0.610. The van der Waals surface area contributed by atoms with E-state index < -0.39 is 6.23 Å². The van der Waals surface area contributed by atoms with Gasteiger partial charge in [0.25, 0.3) is 0 Å². The van der Waals surface area contributed by atoms with Crippen LogP contribution in [-0.2, 0) is 9.53 Å². The molecular weight excluding hydrogens is 242 g/mol. The van der Waals surface area contributed by atoms with Gasteiger partial charge in [-0.15, -0.1) is 0 Å². The summed E-state index contributed by atoms with van der Waals surface area (Å²) in [5.74, 6) is 0.383. The summed E-state index contributed by atoms with van der Waals surface area (Å²) in [7, 11) is 0. The van der Waals surface area contributed by atoms with Gasteiger partial charge in [0.1, 0.15) is 6.23 Å². The number of hydrogen-bond acceptors (Lipinski definition) is 4. The molecule has 0 aliphatic heterocycles. The van der Waals surface area contributed by atoms with Gasteiger partial charge < -0.3 is 9.84 Å². The number of nitrogens with one attached hydrogen (secondary N) is 1. The molecule has 0 rings (SSSR count). The predicted octanol–water partition coefficient (Wildman–Crippen LogP) is 3.34. The van der Waals surface area contributed by atoms with E-state index in [1.165, 1.54) is 6.92 Å². The highest BCUT2D eigenvalue weighted by molar-refractivity contribution is 5.65. The quantitative estimate of drug-likeness (QED) is 0.365. The number of unbranched alkanes of at least 4 members (excludes halogenated alkanes) is 2. The Morgan fingerprint density at radius 1 is 1.26 bits per heavy atom. The van der Waals surface area contributed by atoms with Crippen LogP contribution in [0.5, 0.6) is 0 Å². The van der Waals surface area contributed by atoms with Crippen LogP contribution < -0.4 is 5.32 Å². The van der Waals surface area contributed by atoms with Crippen molar-refractivity contribution in [2.45, 2.75) is 74.0 Å². The van der Waals surface area contributed by atoms with E-state index in [1.54, 1.807) is 0 Å². The van der Waals surface area contributed by atoms with Crippen molar-refractivity contribution >= 4 is 5.97 Å². The molecule has 0 heterocycles. The summed E-state index contributed by atoms with van der Waals surface area (Å²) in [6, 6.07) is 0. The fourth-order valence-electron chi connectivity index (χ4n) is 1.42. The number of hydrogen-bond donors (Lipinski definition) is 2. The number of rotatable bonds is 10. The summed E-state index contributed by atoms with van der Waals surface area (Å²) in [4.78, 5) is 10.5. The highest BCUT2D eigenvalue weighted by Gasteiger charge is 2.05. The van der Waals surface area contributed by atoms with Crippen LogP contribution in [0.15, 0.2) is 0 Å². The van der Waals surface area contributed by atoms with Crippen molar-refractivity contribution in [1.29, 1.82) is 0 Å². The third-order valence-corrected chi connectivity index (χ3v) is 2.83. The van der Waals surface area contributed by atoms with Gasteiger partial charge in [0.15, 0.2) is 0 Å². The van der Waals surface area contributed by atoms with Crippen molar-refractivity contribution in [3.63, 3.8) is 0 Å². The highest BCUT2D eigenvalue weighted by Crippen LogP contribution is 2.04. The average Bonchev–Trinajstić information content (AvgIpc) is 2.30. The molecule has 0 saturated carbocycles. The Morgan fingerprint density at radius 3 is 2.42 bits per heavy atom. The Balaban J connectivity index is -0.00000128. The van der Waals surface area contributed by atoms with Gasteiger partial charge in [-0.3, -0.25) is 10.1 Å². The highest BCUT2D eigenvalue weighted by atomic mass is 16.5. The number of carbonyl (C=O) groups excluding carboxylic acids is 1. The minimum Gasteiger partial charge on any atom is -0.466 e. The number of esters is 1. The van der Waals surface area contributed by atoms with Crippen molar-refractivity contribution in [2.24, 2.45) is 5.92 Å². The summed E-state index contributed by atoms with van der Waals surface area (Å²) < 4.78 is 4.83. The molecule has 2 unspecified atom stereocenters. The molecule has 0 aromatic carbocycles. The standard InChI is InChI=1S/C13H27NO3.2CH4/c1-4-11(2)10-14-13(16)8-6-5-7-9-17-12(3)15;;/h11,13-14,16H,4-10H2,1-3H3;2*1H4. The molecule has 0 saturated heterocycles. The van der Waals surface area contributed by atoms with E-state index in [4.69, 9.17) is 4.74 Å². The number of aliphatic hydroxyl groups is 1. The maximum Gasteiger partial charge on any atom is 0.302 e. The fraction of sp³-hybridized carbons (Fsp3) is 0.933. The first-order valence-electron chi connectivity index (χ1n) is 6.61. The minimum absolute atomic E-state index is 0. The van der Waals surface area contributed by atoms with Gasteiger partial charge in [0.05, 0.1) is 6.61 Å². The van der Waals surface area contributed by atoms with Crippen LogP contribution in [-0.4, -0.2) is 30.5 Å². The summed E-state index contributed by atoms with van der Waals surface area (Å²) >= 11 is 0. The molecule has 4 heteroatoms. The van der Waals surface area contributed by atoms with Gasteiger partial charge in [0, 0.05) is 13.5 Å². The van der Waals surface area contributed by atoms with Crippen LogP contribution in [0.4, 0.5) is 0 Å². The van der Waals surface area contributed by atoms with Crippen molar-refractivity contribution < 1.29 is 14.6 Å². The first kappa shape index (κ1) is 23.5. The maximum atomic E-state index is 10.5. The first-order chi connectivity index (χ1) is 8.06. The van der Waals surface area contributed by atoms with Gasteiger partial charge in [-0.25, -0.2) is 0 Å². The van der Waals surface area contributed by atoms with Gasteiger partial charge >= 0.3 is 5.97 Å². The molecule has 0 fully saturated rings. The summed E-state index contributed by atoms with van der Waals surface area (Å²) in [5, 5.41) is 12.8. The van der Waals surface area contributed by atoms with Crippen LogP contribution in [0.25, 0.3) is 0 Å². The van der Waals surface area contributed by atoms with E-state index in [9.17, 15) is 9.90 Å². The third-order valence-electron chi connectivity index (χ3n) is 2.83. The Bertz CT molecular complexity index is 198. The maximum absolute atomic E-state index is 10.5. The molecule has 0 amide bonds. The monoisotopic (exact) mass is 277 g/mol. The molecule has 0 aliphatic rings. The molecule has 0 spiro atoms. The molecule has 0 aliphatic carbocycles. The van der Waals surface area contributed by atoms with E-state index in [0.29, 0.717) is 12.5 Å². The van der Waals surface area contributed by atoms with Crippen LogP contribution >= 0.6 is 0 Å². The average molecular weight is 277 g/mol.